The molecule has 0 radical (unpaired) electrons. The first-order chi connectivity index (χ1) is 13.8. The summed E-state index contributed by atoms with van der Waals surface area (Å²) in [7, 11) is 0. The van der Waals surface area contributed by atoms with Gasteiger partial charge in [0.1, 0.15) is 0 Å². The second-order valence-electron chi connectivity index (χ2n) is 6.90. The van der Waals surface area contributed by atoms with Crippen molar-refractivity contribution in [3.63, 3.8) is 0 Å². The number of ether oxygens (including phenoxy) is 1. The Kier molecular flexibility index (Phi) is 8.12. The Morgan fingerprint density at radius 3 is 2.96 bits per heavy atom. The summed E-state index contributed by atoms with van der Waals surface area (Å²) in [5, 5.41) is 22.6. The molecule has 5 N–H and O–H groups in total. The van der Waals surface area contributed by atoms with Crippen molar-refractivity contribution in [1.82, 2.24) is 31.2 Å². The molecule has 1 saturated heterocycles. The zero-order chi connectivity index (χ0) is 19.6. The number of nitrogens with one attached hydrogen (secondary N) is 4. The van der Waals surface area contributed by atoms with E-state index >= 15 is 0 Å². The first-order valence-electron chi connectivity index (χ1n) is 9.71. The number of rotatable bonds is 11. The van der Waals surface area contributed by atoms with E-state index in [0.29, 0.717) is 24.1 Å². The van der Waals surface area contributed by atoms with Gasteiger partial charge in [0.05, 0.1) is 19.9 Å². The summed E-state index contributed by atoms with van der Waals surface area (Å²) in [5.74, 6) is 1.65. The molecule has 1 aromatic heterocycles. The lowest BCUT2D eigenvalue weighted by Crippen LogP contribution is -2.41. The van der Waals surface area contributed by atoms with E-state index in [0.717, 1.165) is 50.8 Å². The highest BCUT2D eigenvalue weighted by molar-refractivity contribution is 5.97. The highest BCUT2D eigenvalue weighted by Crippen LogP contribution is 2.39. The lowest BCUT2D eigenvalue weighted by atomic mass is 10.3. The van der Waals surface area contributed by atoms with E-state index in [1.54, 1.807) is 6.08 Å². The van der Waals surface area contributed by atoms with Crippen molar-refractivity contribution in [2.45, 2.75) is 18.8 Å². The van der Waals surface area contributed by atoms with Crippen LogP contribution in [0.1, 0.15) is 24.5 Å². The van der Waals surface area contributed by atoms with Crippen molar-refractivity contribution in [2.75, 3.05) is 52.6 Å². The molecule has 3 rings (SSSR count). The van der Waals surface area contributed by atoms with Gasteiger partial charge in [-0.3, -0.25) is 10.00 Å². The second-order valence-corrected chi connectivity index (χ2v) is 6.90. The maximum absolute atomic E-state index is 8.89. The number of aromatic nitrogens is 2. The quantitative estimate of drug-likeness (QED) is 0.121. The minimum atomic E-state index is 0.218. The molecule has 0 atom stereocenters. The molecular weight excluding hydrogens is 360 g/mol. The summed E-state index contributed by atoms with van der Waals surface area (Å²) in [4.78, 5) is 10.8. The minimum absolute atomic E-state index is 0.218. The molecule has 154 valence electrons. The Morgan fingerprint density at radius 1 is 1.43 bits per heavy atom. The molecular formula is C18H30N8O2. The molecule has 0 amide bonds. The molecule has 1 aromatic rings. The molecule has 2 heterocycles. The van der Waals surface area contributed by atoms with E-state index < -0.39 is 0 Å². The number of hydrogen-bond acceptors (Lipinski definition) is 8. The number of aliphatic imine (C=N–C) groups is 2. The number of nitrogens with zero attached hydrogens (tertiary/aromatic N) is 4. The van der Waals surface area contributed by atoms with Crippen LogP contribution in [0.2, 0.25) is 0 Å². The maximum atomic E-state index is 8.89. The largest absolute Gasteiger partial charge is 0.379 e. The summed E-state index contributed by atoms with van der Waals surface area (Å²) in [6, 6.07) is 1.96. The first-order valence-corrected chi connectivity index (χ1v) is 9.71. The fourth-order valence-electron chi connectivity index (χ4n) is 2.98. The van der Waals surface area contributed by atoms with E-state index in [2.05, 4.69) is 47.9 Å². The van der Waals surface area contributed by atoms with Gasteiger partial charge in [0.25, 0.3) is 0 Å². The third-order valence-electron chi connectivity index (χ3n) is 4.71. The van der Waals surface area contributed by atoms with Gasteiger partial charge in [-0.15, -0.1) is 0 Å². The molecule has 1 aliphatic heterocycles. The van der Waals surface area contributed by atoms with Crippen molar-refractivity contribution >= 4 is 18.4 Å². The minimum Gasteiger partial charge on any atom is -0.379 e. The highest BCUT2D eigenvalue weighted by atomic mass is 16.5. The van der Waals surface area contributed by atoms with Crippen molar-refractivity contribution in [2.24, 2.45) is 9.98 Å². The van der Waals surface area contributed by atoms with Crippen LogP contribution in [0.5, 0.6) is 0 Å². The van der Waals surface area contributed by atoms with Crippen molar-refractivity contribution in [3.8, 4) is 0 Å². The number of morpholine rings is 1. The molecule has 10 nitrogen and oxygen atoms in total. The second kappa shape index (κ2) is 11.0. The van der Waals surface area contributed by atoms with Crippen molar-refractivity contribution in [1.29, 1.82) is 0 Å². The zero-order valence-electron chi connectivity index (χ0n) is 16.2. The standard InChI is InChI=1S/C18H30N8O2/c1-19-17(23-18-11-16(24-25-18)14-2-3-14)10-15(21-13-22-27)12-20-4-5-26-6-8-28-9-7-26/h10-11,14,20-22,27H,1-9,12-13H2,(H,24,25)/b15-10-,23-17?. The van der Waals surface area contributed by atoms with Gasteiger partial charge in [-0.2, -0.15) is 10.6 Å². The maximum Gasteiger partial charge on any atom is 0.176 e. The van der Waals surface area contributed by atoms with Gasteiger partial charge in [-0.05, 0) is 19.6 Å². The molecule has 2 aliphatic rings. The van der Waals surface area contributed by atoms with Crippen LogP contribution in [0.25, 0.3) is 0 Å². The van der Waals surface area contributed by atoms with E-state index in [4.69, 9.17) is 9.94 Å². The first kappa shape index (κ1) is 20.6. The Balaban J connectivity index is 1.54. The zero-order valence-corrected chi connectivity index (χ0v) is 16.2. The third-order valence-corrected chi connectivity index (χ3v) is 4.71. The summed E-state index contributed by atoms with van der Waals surface area (Å²) in [5.41, 5.74) is 4.06. The Bertz CT molecular complexity index is 677. The monoisotopic (exact) mass is 390 g/mol. The Hall–Kier alpha value is -2.11. The van der Waals surface area contributed by atoms with Gasteiger partial charge in [0, 0.05) is 62.2 Å². The smallest absolute Gasteiger partial charge is 0.176 e. The van der Waals surface area contributed by atoms with Crippen molar-refractivity contribution < 1.29 is 9.94 Å². The molecule has 0 aromatic carbocycles. The van der Waals surface area contributed by atoms with Crippen LogP contribution in [-0.2, 0) is 4.74 Å². The predicted octanol–water partition coefficient (Wildman–Crippen LogP) is 0.349. The van der Waals surface area contributed by atoms with E-state index in [1.807, 2.05) is 6.07 Å². The van der Waals surface area contributed by atoms with Crippen LogP contribution in [0, 0.1) is 0 Å². The summed E-state index contributed by atoms with van der Waals surface area (Å²) in [6.45, 7) is 9.78. The number of hydrogen-bond donors (Lipinski definition) is 5. The van der Waals surface area contributed by atoms with Gasteiger partial charge in [-0.25, -0.2) is 9.98 Å². The van der Waals surface area contributed by atoms with Gasteiger partial charge >= 0.3 is 0 Å². The fraction of sp³-hybridized carbons (Fsp3) is 0.611. The highest BCUT2D eigenvalue weighted by Gasteiger charge is 2.25. The number of aromatic amines is 1. The topological polar surface area (TPSA) is 122 Å². The van der Waals surface area contributed by atoms with E-state index in [1.165, 1.54) is 12.8 Å². The molecule has 2 fully saturated rings. The Morgan fingerprint density at radius 2 is 2.25 bits per heavy atom. The van der Waals surface area contributed by atoms with Crippen LogP contribution < -0.4 is 16.1 Å². The Labute approximate surface area is 165 Å². The van der Waals surface area contributed by atoms with Crippen LogP contribution in [-0.4, -0.2) is 85.5 Å². The number of hydroxylamine groups is 1. The SMILES string of the molecule is C=NC(/C=C(/CNCCN1CCOCC1)NCNO)=Nc1cc(C2CC2)[nH]n1. The van der Waals surface area contributed by atoms with E-state index in [9.17, 15) is 0 Å². The van der Waals surface area contributed by atoms with E-state index in [-0.39, 0.29) is 6.67 Å². The molecule has 0 unspecified atom stereocenters. The molecule has 1 saturated carbocycles. The summed E-state index contributed by atoms with van der Waals surface area (Å²) < 4.78 is 5.36. The summed E-state index contributed by atoms with van der Waals surface area (Å²) in [6.07, 6.45) is 4.21. The van der Waals surface area contributed by atoms with Gasteiger partial charge < -0.3 is 20.6 Å². The molecule has 28 heavy (non-hydrogen) atoms. The van der Waals surface area contributed by atoms with Crippen LogP contribution in [0.15, 0.2) is 27.8 Å². The average Bonchev–Trinajstić information content (AvgIpc) is 3.48. The molecule has 1 aliphatic carbocycles. The molecule has 10 heteroatoms. The van der Waals surface area contributed by atoms with Gasteiger partial charge in [-0.1, -0.05) is 0 Å². The lowest BCUT2D eigenvalue weighted by Gasteiger charge is -2.26. The van der Waals surface area contributed by atoms with Crippen LogP contribution >= 0.6 is 0 Å². The van der Waals surface area contributed by atoms with Crippen LogP contribution in [0.3, 0.4) is 0 Å². The third kappa shape index (κ3) is 6.80. The summed E-state index contributed by atoms with van der Waals surface area (Å²) >= 11 is 0. The lowest BCUT2D eigenvalue weighted by molar-refractivity contribution is 0.0385. The fourth-order valence-corrected chi connectivity index (χ4v) is 2.98. The van der Waals surface area contributed by atoms with Crippen LogP contribution in [0.4, 0.5) is 5.82 Å². The normalized spacial score (nSPS) is 19.0. The number of amidine groups is 1. The molecule has 0 bridgehead atoms. The molecule has 0 spiro atoms. The van der Waals surface area contributed by atoms with Gasteiger partial charge in [0.15, 0.2) is 11.7 Å². The average molecular weight is 390 g/mol. The predicted molar refractivity (Wildman–Crippen MR) is 108 cm³/mol. The van der Waals surface area contributed by atoms with Gasteiger partial charge in [0.2, 0.25) is 0 Å². The van der Waals surface area contributed by atoms with Crippen molar-refractivity contribution in [3.05, 3.63) is 23.5 Å². The number of H-pyrrole nitrogens is 1.